The van der Waals surface area contributed by atoms with Crippen LogP contribution in [0.1, 0.15) is 10.4 Å². The van der Waals surface area contributed by atoms with Crippen molar-refractivity contribution in [3.63, 3.8) is 0 Å². The number of fused-ring (bicyclic) bond motifs is 2. The lowest BCUT2D eigenvalue weighted by Crippen LogP contribution is -2.13. The van der Waals surface area contributed by atoms with E-state index in [1.165, 1.54) is 0 Å². The molecule has 0 atom stereocenters. The Morgan fingerprint density at radius 3 is 2.25 bits per heavy atom. The highest BCUT2D eigenvalue weighted by atomic mass is 16.5. The summed E-state index contributed by atoms with van der Waals surface area (Å²) in [6.45, 7) is 0. The van der Waals surface area contributed by atoms with Gasteiger partial charge in [0.15, 0.2) is 11.5 Å². The number of methoxy groups -OCH3 is 3. The Labute approximate surface area is 208 Å². The number of pyridine rings is 1. The molecule has 0 bridgehead atoms. The van der Waals surface area contributed by atoms with Gasteiger partial charge in [-0.25, -0.2) is 0 Å². The van der Waals surface area contributed by atoms with E-state index in [9.17, 15) is 4.79 Å². The van der Waals surface area contributed by atoms with Gasteiger partial charge in [0.05, 0.1) is 32.4 Å². The van der Waals surface area contributed by atoms with Gasteiger partial charge in [0.1, 0.15) is 17.2 Å². The zero-order chi connectivity index (χ0) is 25.1. The first kappa shape index (κ1) is 23.0. The Bertz CT molecular complexity index is 1580. The Hall–Kier alpha value is -4.78. The molecular weight excluding hydrogens is 456 g/mol. The minimum atomic E-state index is -0.233. The van der Waals surface area contributed by atoms with E-state index in [4.69, 9.17) is 18.9 Å². The summed E-state index contributed by atoms with van der Waals surface area (Å²) in [7, 11) is 4.73. The summed E-state index contributed by atoms with van der Waals surface area (Å²) in [6.07, 6.45) is 1.70. The SMILES string of the molecule is COc1cc2nccc(Oc3ccc4cc(NC(=O)c5ccccc5OC)ccc4c3)c2cc1OC. The first-order valence-electron chi connectivity index (χ1n) is 11.3. The van der Waals surface area contributed by atoms with E-state index in [2.05, 4.69) is 10.3 Å². The van der Waals surface area contributed by atoms with Crippen molar-refractivity contribution in [3.8, 4) is 28.7 Å². The van der Waals surface area contributed by atoms with Crippen LogP contribution in [0.2, 0.25) is 0 Å². The second-order valence-electron chi connectivity index (χ2n) is 8.01. The number of amides is 1. The van der Waals surface area contributed by atoms with Crippen LogP contribution in [0.15, 0.2) is 85.1 Å². The summed E-state index contributed by atoms with van der Waals surface area (Å²) in [4.78, 5) is 17.2. The number of anilines is 1. The molecule has 7 nitrogen and oxygen atoms in total. The monoisotopic (exact) mass is 480 g/mol. The third kappa shape index (κ3) is 4.46. The minimum absolute atomic E-state index is 0.233. The normalized spacial score (nSPS) is 10.8. The van der Waals surface area contributed by atoms with Crippen LogP contribution < -0.4 is 24.3 Å². The molecule has 0 aliphatic carbocycles. The molecule has 1 N–H and O–H groups in total. The van der Waals surface area contributed by atoms with Gasteiger partial charge in [-0.3, -0.25) is 9.78 Å². The average molecular weight is 481 g/mol. The highest BCUT2D eigenvalue weighted by Gasteiger charge is 2.13. The second-order valence-corrected chi connectivity index (χ2v) is 8.01. The Morgan fingerprint density at radius 1 is 0.722 bits per heavy atom. The van der Waals surface area contributed by atoms with Crippen molar-refractivity contribution < 1.29 is 23.7 Å². The third-order valence-electron chi connectivity index (χ3n) is 5.86. The molecule has 0 radical (unpaired) electrons. The van der Waals surface area contributed by atoms with Crippen LogP contribution in [0.3, 0.4) is 0 Å². The lowest BCUT2D eigenvalue weighted by Gasteiger charge is -2.13. The summed E-state index contributed by atoms with van der Waals surface area (Å²) in [5.74, 6) is 2.83. The number of hydrogen-bond donors (Lipinski definition) is 1. The van der Waals surface area contributed by atoms with E-state index in [1.807, 2.05) is 60.7 Å². The Kier molecular flexibility index (Phi) is 6.28. The number of nitrogens with one attached hydrogen (secondary N) is 1. The van der Waals surface area contributed by atoms with E-state index < -0.39 is 0 Å². The molecule has 0 saturated heterocycles. The van der Waals surface area contributed by atoms with Gasteiger partial charge in [-0.15, -0.1) is 0 Å². The number of benzene rings is 4. The number of carbonyl (C=O) groups excluding carboxylic acids is 1. The van der Waals surface area contributed by atoms with Crippen LogP contribution in [-0.4, -0.2) is 32.2 Å². The molecule has 180 valence electrons. The summed E-state index contributed by atoms with van der Waals surface area (Å²) < 4.78 is 22.4. The van der Waals surface area contributed by atoms with Crippen molar-refractivity contribution in [1.29, 1.82) is 0 Å². The lowest BCUT2D eigenvalue weighted by atomic mass is 10.1. The predicted molar refractivity (Wildman–Crippen MR) is 140 cm³/mol. The number of ether oxygens (including phenoxy) is 4. The molecule has 4 aromatic carbocycles. The number of rotatable bonds is 7. The van der Waals surface area contributed by atoms with E-state index in [0.717, 1.165) is 21.7 Å². The highest BCUT2D eigenvalue weighted by molar-refractivity contribution is 6.07. The molecule has 1 amide bonds. The van der Waals surface area contributed by atoms with Crippen molar-refractivity contribution in [2.24, 2.45) is 0 Å². The van der Waals surface area contributed by atoms with Crippen LogP contribution in [0.25, 0.3) is 21.7 Å². The number of para-hydroxylation sites is 1. The maximum Gasteiger partial charge on any atom is 0.259 e. The maximum absolute atomic E-state index is 12.7. The van der Waals surface area contributed by atoms with Crippen molar-refractivity contribution >= 4 is 33.3 Å². The Balaban J connectivity index is 1.40. The van der Waals surface area contributed by atoms with E-state index in [1.54, 1.807) is 45.7 Å². The fraction of sp³-hybridized carbons (Fsp3) is 0.103. The molecule has 7 heteroatoms. The molecule has 0 spiro atoms. The van der Waals surface area contributed by atoms with Gasteiger partial charge in [0.2, 0.25) is 0 Å². The van der Waals surface area contributed by atoms with Crippen LogP contribution in [0, 0.1) is 0 Å². The minimum Gasteiger partial charge on any atom is -0.496 e. The molecule has 0 saturated carbocycles. The molecule has 1 heterocycles. The zero-order valence-electron chi connectivity index (χ0n) is 20.1. The van der Waals surface area contributed by atoms with Crippen LogP contribution >= 0.6 is 0 Å². The van der Waals surface area contributed by atoms with Gasteiger partial charge in [-0.05, 0) is 59.3 Å². The van der Waals surface area contributed by atoms with Crippen LogP contribution in [0.4, 0.5) is 5.69 Å². The van der Waals surface area contributed by atoms with Crippen molar-refractivity contribution in [2.75, 3.05) is 26.6 Å². The van der Waals surface area contributed by atoms with Crippen molar-refractivity contribution in [2.45, 2.75) is 0 Å². The van der Waals surface area contributed by atoms with Crippen molar-refractivity contribution in [1.82, 2.24) is 4.98 Å². The quantitative estimate of drug-likeness (QED) is 0.288. The van der Waals surface area contributed by atoms with Gasteiger partial charge in [-0.1, -0.05) is 24.3 Å². The van der Waals surface area contributed by atoms with E-state index >= 15 is 0 Å². The molecular formula is C29H24N2O5. The molecule has 0 unspecified atom stereocenters. The number of carbonyl (C=O) groups is 1. The Morgan fingerprint density at radius 2 is 1.44 bits per heavy atom. The summed E-state index contributed by atoms with van der Waals surface area (Å²) in [5.41, 5.74) is 1.90. The molecule has 0 aliphatic heterocycles. The topological polar surface area (TPSA) is 78.9 Å². The summed E-state index contributed by atoms with van der Waals surface area (Å²) >= 11 is 0. The third-order valence-corrected chi connectivity index (χ3v) is 5.86. The molecule has 5 rings (SSSR count). The average Bonchev–Trinajstić information content (AvgIpc) is 2.92. The van der Waals surface area contributed by atoms with Crippen LogP contribution in [-0.2, 0) is 0 Å². The number of nitrogens with zero attached hydrogens (tertiary/aromatic N) is 1. The van der Waals surface area contributed by atoms with Crippen molar-refractivity contribution in [3.05, 3.63) is 90.6 Å². The summed E-state index contributed by atoms with van der Waals surface area (Å²) in [6, 6.07) is 24.1. The van der Waals surface area contributed by atoms with Gasteiger partial charge >= 0.3 is 0 Å². The first-order chi connectivity index (χ1) is 17.6. The summed E-state index contributed by atoms with van der Waals surface area (Å²) in [5, 5.41) is 5.69. The number of aromatic nitrogens is 1. The van der Waals surface area contributed by atoms with Crippen LogP contribution in [0.5, 0.6) is 28.7 Å². The highest BCUT2D eigenvalue weighted by Crippen LogP contribution is 2.37. The fourth-order valence-electron chi connectivity index (χ4n) is 4.06. The first-order valence-corrected chi connectivity index (χ1v) is 11.3. The second kappa shape index (κ2) is 9.84. The van der Waals surface area contributed by atoms with Gasteiger partial charge in [-0.2, -0.15) is 0 Å². The fourth-order valence-corrected chi connectivity index (χ4v) is 4.06. The lowest BCUT2D eigenvalue weighted by molar-refractivity contribution is 0.102. The molecule has 0 fully saturated rings. The zero-order valence-corrected chi connectivity index (χ0v) is 20.1. The van der Waals surface area contributed by atoms with Gasteiger partial charge in [0.25, 0.3) is 5.91 Å². The largest absolute Gasteiger partial charge is 0.496 e. The smallest absolute Gasteiger partial charge is 0.259 e. The molecule has 5 aromatic rings. The van der Waals surface area contributed by atoms with E-state index in [0.29, 0.717) is 40.0 Å². The number of hydrogen-bond acceptors (Lipinski definition) is 6. The molecule has 1 aromatic heterocycles. The standard InChI is InChI=1S/C29H24N2O5/c1-33-25-7-5-4-6-22(25)29(32)31-20-10-8-19-15-21(11-9-18(19)14-20)36-26-12-13-30-24-17-28(35-3)27(34-2)16-23(24)26/h4-17H,1-3H3,(H,31,32). The van der Waals surface area contributed by atoms with Gasteiger partial charge in [0, 0.05) is 23.3 Å². The predicted octanol–water partition coefficient (Wildman–Crippen LogP) is 6.46. The van der Waals surface area contributed by atoms with E-state index in [-0.39, 0.29) is 5.91 Å². The maximum atomic E-state index is 12.7. The molecule has 0 aliphatic rings. The molecule has 36 heavy (non-hydrogen) atoms. The van der Waals surface area contributed by atoms with Gasteiger partial charge < -0.3 is 24.3 Å².